The van der Waals surface area contributed by atoms with Crippen LogP contribution >= 0.6 is 0 Å². The van der Waals surface area contributed by atoms with Crippen molar-refractivity contribution in [2.45, 2.75) is 58.4 Å². The highest BCUT2D eigenvalue weighted by Gasteiger charge is 2.27. The summed E-state index contributed by atoms with van der Waals surface area (Å²) in [5, 5.41) is 4.53. The van der Waals surface area contributed by atoms with Gasteiger partial charge in [0.15, 0.2) is 0 Å². The van der Waals surface area contributed by atoms with Gasteiger partial charge in [-0.2, -0.15) is 5.10 Å². The van der Waals surface area contributed by atoms with Crippen molar-refractivity contribution in [1.82, 2.24) is 9.78 Å². The van der Waals surface area contributed by atoms with Crippen LogP contribution in [0.1, 0.15) is 64.0 Å². The third kappa shape index (κ3) is 2.09. The van der Waals surface area contributed by atoms with Crippen molar-refractivity contribution in [3.63, 3.8) is 0 Å². The lowest BCUT2D eigenvalue weighted by molar-refractivity contribution is 0.191. The van der Waals surface area contributed by atoms with Crippen molar-refractivity contribution >= 4 is 0 Å². The maximum Gasteiger partial charge on any atom is 0.0544 e. The Balaban J connectivity index is 2.11. The van der Waals surface area contributed by atoms with Gasteiger partial charge in [0.05, 0.1) is 12.2 Å². The SMILES string of the molecule is CCC(C1CCC1)n1cc(C(C)C)cn1. The monoisotopic (exact) mass is 206 g/mol. The average Bonchev–Trinajstić information content (AvgIpc) is 2.59. The Hall–Kier alpha value is -0.790. The molecule has 1 atom stereocenters. The molecule has 0 N–H and O–H groups in total. The summed E-state index contributed by atoms with van der Waals surface area (Å²) in [5.41, 5.74) is 1.37. The van der Waals surface area contributed by atoms with Gasteiger partial charge in [0, 0.05) is 6.20 Å². The molecular formula is C13H22N2. The molecule has 1 aliphatic rings. The molecule has 84 valence electrons. The molecule has 1 heterocycles. The molecule has 0 amide bonds. The molecule has 2 rings (SSSR count). The lowest BCUT2D eigenvalue weighted by atomic mass is 9.79. The van der Waals surface area contributed by atoms with Gasteiger partial charge in [0.25, 0.3) is 0 Å². The molecule has 0 saturated heterocycles. The second kappa shape index (κ2) is 4.38. The fourth-order valence-corrected chi connectivity index (χ4v) is 2.39. The van der Waals surface area contributed by atoms with Crippen molar-refractivity contribution < 1.29 is 0 Å². The molecule has 0 aliphatic heterocycles. The summed E-state index contributed by atoms with van der Waals surface area (Å²) in [6.45, 7) is 6.73. The number of rotatable bonds is 4. The second-order valence-electron chi connectivity index (χ2n) is 5.07. The summed E-state index contributed by atoms with van der Waals surface area (Å²) >= 11 is 0. The molecule has 1 aromatic rings. The van der Waals surface area contributed by atoms with Crippen molar-refractivity contribution in [2.75, 3.05) is 0 Å². The lowest BCUT2D eigenvalue weighted by Gasteiger charge is -2.33. The minimum absolute atomic E-state index is 0.595. The van der Waals surface area contributed by atoms with Crippen molar-refractivity contribution in [3.05, 3.63) is 18.0 Å². The minimum Gasteiger partial charge on any atom is -0.269 e. The minimum atomic E-state index is 0.595. The van der Waals surface area contributed by atoms with Crippen molar-refractivity contribution in [2.24, 2.45) is 5.92 Å². The molecule has 0 aromatic carbocycles. The first-order valence-electron chi connectivity index (χ1n) is 6.26. The molecule has 0 radical (unpaired) electrons. The maximum absolute atomic E-state index is 4.53. The summed E-state index contributed by atoms with van der Waals surface area (Å²) < 4.78 is 2.21. The maximum atomic E-state index is 4.53. The summed E-state index contributed by atoms with van der Waals surface area (Å²) in [6, 6.07) is 0.645. The van der Waals surface area contributed by atoms with E-state index >= 15 is 0 Å². The van der Waals surface area contributed by atoms with Crippen LogP contribution in [0.15, 0.2) is 12.4 Å². The highest BCUT2D eigenvalue weighted by molar-refractivity contribution is 5.09. The predicted molar refractivity (Wildman–Crippen MR) is 63.0 cm³/mol. The highest BCUT2D eigenvalue weighted by Crippen LogP contribution is 2.37. The number of hydrogen-bond donors (Lipinski definition) is 0. The van der Waals surface area contributed by atoms with E-state index in [1.54, 1.807) is 0 Å². The molecular weight excluding hydrogens is 184 g/mol. The number of aromatic nitrogens is 2. The van der Waals surface area contributed by atoms with E-state index in [1.807, 2.05) is 6.20 Å². The summed E-state index contributed by atoms with van der Waals surface area (Å²) in [6.07, 6.45) is 9.71. The van der Waals surface area contributed by atoms with Crippen LogP contribution in [0.3, 0.4) is 0 Å². The van der Waals surface area contributed by atoms with Gasteiger partial charge in [-0.15, -0.1) is 0 Å². The first-order valence-corrected chi connectivity index (χ1v) is 6.26. The van der Waals surface area contributed by atoms with E-state index in [4.69, 9.17) is 0 Å². The molecule has 15 heavy (non-hydrogen) atoms. The Morgan fingerprint density at radius 2 is 2.20 bits per heavy atom. The van der Waals surface area contributed by atoms with Crippen molar-refractivity contribution in [1.29, 1.82) is 0 Å². The molecule has 0 bridgehead atoms. The van der Waals surface area contributed by atoms with E-state index in [-0.39, 0.29) is 0 Å². The molecule has 0 spiro atoms. The Kier molecular flexibility index (Phi) is 3.13. The zero-order valence-corrected chi connectivity index (χ0v) is 10.1. The van der Waals surface area contributed by atoms with E-state index in [9.17, 15) is 0 Å². The van der Waals surface area contributed by atoms with E-state index in [0.29, 0.717) is 12.0 Å². The molecule has 1 unspecified atom stereocenters. The second-order valence-corrected chi connectivity index (χ2v) is 5.07. The standard InChI is InChI=1S/C13H22N2/c1-4-13(11-6-5-7-11)15-9-12(8-14-15)10(2)3/h8-11,13H,4-7H2,1-3H3. The Bertz CT molecular complexity index is 310. The quantitative estimate of drug-likeness (QED) is 0.733. The van der Waals surface area contributed by atoms with E-state index in [2.05, 4.69) is 36.7 Å². The fraction of sp³-hybridized carbons (Fsp3) is 0.769. The van der Waals surface area contributed by atoms with Crippen LogP contribution in [0, 0.1) is 5.92 Å². The molecule has 1 fully saturated rings. The average molecular weight is 206 g/mol. The molecule has 2 heteroatoms. The Morgan fingerprint density at radius 3 is 2.60 bits per heavy atom. The van der Waals surface area contributed by atoms with Crippen LogP contribution in [0.4, 0.5) is 0 Å². The number of hydrogen-bond acceptors (Lipinski definition) is 1. The van der Waals surface area contributed by atoms with Gasteiger partial charge in [0.2, 0.25) is 0 Å². The van der Waals surface area contributed by atoms with Crippen LogP contribution in [0.2, 0.25) is 0 Å². The third-order valence-corrected chi connectivity index (χ3v) is 3.74. The number of nitrogens with zero attached hydrogens (tertiary/aromatic N) is 2. The van der Waals surface area contributed by atoms with Crippen LogP contribution in [-0.4, -0.2) is 9.78 Å². The van der Waals surface area contributed by atoms with Gasteiger partial charge in [-0.3, -0.25) is 4.68 Å². The Morgan fingerprint density at radius 1 is 1.47 bits per heavy atom. The first kappa shape index (κ1) is 10.7. The van der Waals surface area contributed by atoms with Gasteiger partial charge in [-0.1, -0.05) is 27.2 Å². The van der Waals surface area contributed by atoms with E-state index in [1.165, 1.54) is 31.2 Å². The van der Waals surface area contributed by atoms with Crippen LogP contribution in [0.5, 0.6) is 0 Å². The predicted octanol–water partition coefficient (Wildman–Crippen LogP) is 3.76. The van der Waals surface area contributed by atoms with Gasteiger partial charge < -0.3 is 0 Å². The van der Waals surface area contributed by atoms with Crippen molar-refractivity contribution in [3.8, 4) is 0 Å². The molecule has 1 saturated carbocycles. The summed E-state index contributed by atoms with van der Waals surface area (Å²) in [7, 11) is 0. The highest BCUT2D eigenvalue weighted by atomic mass is 15.3. The van der Waals surface area contributed by atoms with Gasteiger partial charge >= 0.3 is 0 Å². The fourth-order valence-electron chi connectivity index (χ4n) is 2.39. The largest absolute Gasteiger partial charge is 0.269 e. The Labute approximate surface area is 92.7 Å². The van der Waals surface area contributed by atoms with E-state index < -0.39 is 0 Å². The lowest BCUT2D eigenvalue weighted by Crippen LogP contribution is -2.25. The topological polar surface area (TPSA) is 17.8 Å². The first-order chi connectivity index (χ1) is 7.22. The zero-order valence-electron chi connectivity index (χ0n) is 10.1. The third-order valence-electron chi connectivity index (χ3n) is 3.74. The van der Waals surface area contributed by atoms with Crippen LogP contribution < -0.4 is 0 Å². The van der Waals surface area contributed by atoms with E-state index in [0.717, 1.165) is 5.92 Å². The normalized spacial score (nSPS) is 19.2. The van der Waals surface area contributed by atoms with Crippen LogP contribution in [-0.2, 0) is 0 Å². The summed E-state index contributed by atoms with van der Waals surface area (Å²) in [4.78, 5) is 0. The van der Waals surface area contributed by atoms with Crippen LogP contribution in [0.25, 0.3) is 0 Å². The zero-order chi connectivity index (χ0) is 10.8. The summed E-state index contributed by atoms with van der Waals surface area (Å²) in [5.74, 6) is 1.48. The van der Waals surface area contributed by atoms with Gasteiger partial charge in [-0.25, -0.2) is 0 Å². The van der Waals surface area contributed by atoms with Gasteiger partial charge in [-0.05, 0) is 36.7 Å². The molecule has 2 nitrogen and oxygen atoms in total. The van der Waals surface area contributed by atoms with Gasteiger partial charge in [0.1, 0.15) is 0 Å². The molecule has 1 aliphatic carbocycles. The smallest absolute Gasteiger partial charge is 0.0544 e. The molecule has 1 aromatic heterocycles.